The summed E-state index contributed by atoms with van der Waals surface area (Å²) in [5.41, 5.74) is 1.73. The molecular formula is C20H19N3O5. The number of carbonyl (C=O) groups excluding carboxylic acids is 1. The summed E-state index contributed by atoms with van der Waals surface area (Å²) in [7, 11) is 1.60. The van der Waals surface area contributed by atoms with Crippen LogP contribution in [-0.2, 0) is 17.8 Å². The second-order valence-electron chi connectivity index (χ2n) is 6.21. The number of nitrogens with one attached hydrogen (secondary N) is 1. The lowest BCUT2D eigenvalue weighted by atomic mass is 10.2. The standard InChI is InChI=1S/C20H19N3O5/c1-25-15-4-2-3-14(10-15)20-22-19(28-23-20)8-7-18(24)21-11-13-5-6-16-17(9-13)27-12-26-16/h2-6,9-10H,7-8,11-12H2,1H3,(H,21,24). The number of ether oxygens (including phenoxy) is 3. The maximum absolute atomic E-state index is 12.1. The Labute approximate surface area is 161 Å². The van der Waals surface area contributed by atoms with Crippen LogP contribution in [-0.4, -0.2) is 30.0 Å². The maximum atomic E-state index is 12.1. The van der Waals surface area contributed by atoms with Gasteiger partial charge in [0.1, 0.15) is 5.75 Å². The first-order valence-corrected chi connectivity index (χ1v) is 8.83. The molecule has 0 radical (unpaired) electrons. The monoisotopic (exact) mass is 381 g/mol. The molecule has 0 saturated carbocycles. The van der Waals surface area contributed by atoms with Gasteiger partial charge >= 0.3 is 0 Å². The van der Waals surface area contributed by atoms with E-state index in [1.54, 1.807) is 7.11 Å². The van der Waals surface area contributed by atoms with E-state index in [0.29, 0.717) is 36.2 Å². The molecule has 8 heteroatoms. The van der Waals surface area contributed by atoms with Gasteiger partial charge in [-0.1, -0.05) is 23.4 Å². The highest BCUT2D eigenvalue weighted by atomic mass is 16.7. The predicted molar refractivity (Wildman–Crippen MR) is 99.0 cm³/mol. The van der Waals surface area contributed by atoms with Gasteiger partial charge < -0.3 is 24.1 Å². The number of methoxy groups -OCH3 is 1. The molecule has 0 saturated heterocycles. The molecule has 0 atom stereocenters. The molecule has 2 aromatic carbocycles. The second kappa shape index (κ2) is 7.99. The Kier molecular flexibility index (Phi) is 5.09. The molecule has 0 unspecified atom stereocenters. The first-order valence-electron chi connectivity index (χ1n) is 8.83. The Balaban J connectivity index is 1.28. The molecule has 144 valence electrons. The van der Waals surface area contributed by atoms with Crippen LogP contribution < -0.4 is 19.5 Å². The molecule has 1 amide bonds. The van der Waals surface area contributed by atoms with Gasteiger partial charge in [0.15, 0.2) is 11.5 Å². The van der Waals surface area contributed by atoms with Crippen molar-refractivity contribution in [3.8, 4) is 28.6 Å². The summed E-state index contributed by atoms with van der Waals surface area (Å²) >= 11 is 0. The highest BCUT2D eigenvalue weighted by Crippen LogP contribution is 2.32. The van der Waals surface area contributed by atoms with Crippen molar-refractivity contribution in [1.29, 1.82) is 0 Å². The summed E-state index contributed by atoms with van der Waals surface area (Å²) in [4.78, 5) is 16.5. The van der Waals surface area contributed by atoms with Crippen molar-refractivity contribution in [1.82, 2.24) is 15.5 Å². The number of amides is 1. The van der Waals surface area contributed by atoms with Crippen molar-refractivity contribution in [3.05, 3.63) is 53.9 Å². The number of rotatable bonds is 7. The van der Waals surface area contributed by atoms with E-state index in [1.807, 2.05) is 42.5 Å². The number of nitrogens with zero attached hydrogens (tertiary/aromatic N) is 2. The van der Waals surface area contributed by atoms with Gasteiger partial charge in [0.25, 0.3) is 0 Å². The number of aromatic nitrogens is 2. The summed E-state index contributed by atoms with van der Waals surface area (Å²) in [5, 5.41) is 6.84. The third-order valence-electron chi connectivity index (χ3n) is 4.29. The minimum absolute atomic E-state index is 0.0983. The molecule has 1 aliphatic rings. The van der Waals surface area contributed by atoms with Crippen molar-refractivity contribution in [2.75, 3.05) is 13.9 Å². The van der Waals surface area contributed by atoms with Gasteiger partial charge in [-0.15, -0.1) is 0 Å². The number of hydrogen-bond acceptors (Lipinski definition) is 7. The van der Waals surface area contributed by atoms with Gasteiger partial charge in [-0.2, -0.15) is 4.98 Å². The van der Waals surface area contributed by atoms with Crippen LogP contribution in [0.1, 0.15) is 17.9 Å². The molecule has 2 heterocycles. The summed E-state index contributed by atoms with van der Waals surface area (Å²) < 4.78 is 21.0. The average Bonchev–Trinajstić information content (AvgIpc) is 3.39. The Bertz CT molecular complexity index is 985. The van der Waals surface area contributed by atoms with E-state index in [4.69, 9.17) is 18.7 Å². The fourth-order valence-corrected chi connectivity index (χ4v) is 2.80. The van der Waals surface area contributed by atoms with E-state index in [-0.39, 0.29) is 19.1 Å². The van der Waals surface area contributed by atoms with Crippen molar-refractivity contribution in [2.24, 2.45) is 0 Å². The normalized spacial score (nSPS) is 12.0. The van der Waals surface area contributed by atoms with Crippen LogP contribution in [0.25, 0.3) is 11.4 Å². The van der Waals surface area contributed by atoms with Crippen molar-refractivity contribution in [2.45, 2.75) is 19.4 Å². The third kappa shape index (κ3) is 4.06. The Morgan fingerprint density at radius 2 is 2.07 bits per heavy atom. The zero-order valence-electron chi connectivity index (χ0n) is 15.3. The lowest BCUT2D eigenvalue weighted by molar-refractivity contribution is -0.121. The van der Waals surface area contributed by atoms with Gasteiger partial charge in [0.05, 0.1) is 7.11 Å². The van der Waals surface area contributed by atoms with Crippen LogP contribution >= 0.6 is 0 Å². The highest BCUT2D eigenvalue weighted by molar-refractivity contribution is 5.76. The Morgan fingerprint density at radius 1 is 1.18 bits per heavy atom. The smallest absolute Gasteiger partial charge is 0.231 e. The number of fused-ring (bicyclic) bond motifs is 1. The van der Waals surface area contributed by atoms with Gasteiger partial charge in [-0.25, -0.2) is 0 Å². The average molecular weight is 381 g/mol. The molecule has 8 nitrogen and oxygen atoms in total. The topological polar surface area (TPSA) is 95.7 Å². The minimum Gasteiger partial charge on any atom is -0.497 e. The van der Waals surface area contributed by atoms with Crippen molar-refractivity contribution < 1.29 is 23.5 Å². The molecule has 1 N–H and O–H groups in total. The maximum Gasteiger partial charge on any atom is 0.231 e. The van der Waals surface area contributed by atoms with Gasteiger partial charge in [0, 0.05) is 24.9 Å². The lowest BCUT2D eigenvalue weighted by Crippen LogP contribution is -2.23. The third-order valence-corrected chi connectivity index (χ3v) is 4.29. The van der Waals surface area contributed by atoms with E-state index in [1.165, 1.54) is 0 Å². The fourth-order valence-electron chi connectivity index (χ4n) is 2.80. The largest absolute Gasteiger partial charge is 0.497 e. The molecular weight excluding hydrogens is 362 g/mol. The summed E-state index contributed by atoms with van der Waals surface area (Å²) in [6.07, 6.45) is 0.619. The zero-order chi connectivity index (χ0) is 19.3. The Morgan fingerprint density at radius 3 is 2.96 bits per heavy atom. The molecule has 3 aromatic rings. The van der Waals surface area contributed by atoms with E-state index in [9.17, 15) is 4.79 Å². The van der Waals surface area contributed by atoms with Gasteiger partial charge in [-0.05, 0) is 29.8 Å². The molecule has 0 bridgehead atoms. The van der Waals surface area contributed by atoms with Crippen LogP contribution in [0.4, 0.5) is 0 Å². The van der Waals surface area contributed by atoms with Gasteiger partial charge in [-0.3, -0.25) is 4.79 Å². The van der Waals surface area contributed by atoms with Crippen molar-refractivity contribution in [3.63, 3.8) is 0 Å². The SMILES string of the molecule is COc1cccc(-c2noc(CCC(=O)NCc3ccc4c(c3)OCO4)n2)c1. The highest BCUT2D eigenvalue weighted by Gasteiger charge is 2.14. The quantitative estimate of drug-likeness (QED) is 0.672. The number of hydrogen-bond donors (Lipinski definition) is 1. The van der Waals surface area contributed by atoms with Crippen LogP contribution in [0.5, 0.6) is 17.2 Å². The van der Waals surface area contributed by atoms with Crippen LogP contribution in [0.3, 0.4) is 0 Å². The molecule has 0 fully saturated rings. The first-order chi connectivity index (χ1) is 13.7. The van der Waals surface area contributed by atoms with Crippen LogP contribution in [0.2, 0.25) is 0 Å². The summed E-state index contributed by atoms with van der Waals surface area (Å²) in [6, 6.07) is 13.0. The van der Waals surface area contributed by atoms with Crippen LogP contribution in [0, 0.1) is 0 Å². The molecule has 28 heavy (non-hydrogen) atoms. The predicted octanol–water partition coefficient (Wildman–Crippen LogP) is 2.72. The van der Waals surface area contributed by atoms with E-state index < -0.39 is 0 Å². The molecule has 1 aromatic heterocycles. The zero-order valence-corrected chi connectivity index (χ0v) is 15.3. The van der Waals surface area contributed by atoms with E-state index in [0.717, 1.165) is 16.9 Å². The lowest BCUT2D eigenvalue weighted by Gasteiger charge is -2.05. The minimum atomic E-state index is -0.0983. The number of benzene rings is 2. The molecule has 1 aliphatic heterocycles. The van der Waals surface area contributed by atoms with Crippen molar-refractivity contribution >= 4 is 5.91 Å². The first kappa shape index (κ1) is 17.8. The van der Waals surface area contributed by atoms with E-state index >= 15 is 0 Å². The van der Waals surface area contributed by atoms with Gasteiger partial charge in [0.2, 0.25) is 24.4 Å². The number of aryl methyl sites for hydroxylation is 1. The summed E-state index contributed by atoms with van der Waals surface area (Å²) in [5.74, 6) is 2.91. The molecule has 0 spiro atoms. The number of carbonyl (C=O) groups is 1. The summed E-state index contributed by atoms with van der Waals surface area (Å²) in [6.45, 7) is 0.640. The molecule has 0 aliphatic carbocycles. The second-order valence-corrected chi connectivity index (χ2v) is 6.21. The van der Waals surface area contributed by atoms with Crippen LogP contribution in [0.15, 0.2) is 47.0 Å². The Hall–Kier alpha value is -3.55. The molecule has 4 rings (SSSR count). The van der Waals surface area contributed by atoms with E-state index in [2.05, 4.69) is 15.5 Å². The fraction of sp³-hybridized carbons (Fsp3) is 0.250.